The predicted molar refractivity (Wildman–Crippen MR) is 50.1 cm³/mol. The molecule has 0 aliphatic heterocycles. The average molecular weight is 167 g/mol. The topological polar surface area (TPSA) is 39.2 Å². The molecule has 0 fully saturated rings. The van der Waals surface area contributed by atoms with Crippen molar-refractivity contribution in [2.24, 2.45) is 5.73 Å². The van der Waals surface area contributed by atoms with Gasteiger partial charge in [0.2, 0.25) is 0 Å². The van der Waals surface area contributed by atoms with E-state index in [0.717, 1.165) is 12.2 Å². The Bertz CT molecular complexity index is 250. The van der Waals surface area contributed by atoms with Crippen LogP contribution in [0.15, 0.2) is 16.7 Å². The molecule has 0 aliphatic carbocycles. The lowest BCUT2D eigenvalue weighted by Crippen LogP contribution is -2.21. The molecule has 0 saturated heterocycles. The van der Waals surface area contributed by atoms with Gasteiger partial charge < -0.3 is 10.2 Å². The highest BCUT2D eigenvalue weighted by molar-refractivity contribution is 5.22. The summed E-state index contributed by atoms with van der Waals surface area (Å²) in [6.45, 7) is 7.08. The van der Waals surface area contributed by atoms with Crippen LogP contribution in [0.4, 0.5) is 0 Å². The zero-order valence-electron chi connectivity index (χ0n) is 8.05. The Morgan fingerprint density at radius 3 is 2.58 bits per heavy atom. The van der Waals surface area contributed by atoms with Crippen molar-refractivity contribution in [1.82, 2.24) is 0 Å². The first-order valence-corrected chi connectivity index (χ1v) is 4.32. The Labute approximate surface area is 73.8 Å². The number of aryl methyl sites for hydroxylation is 1. The molecule has 0 aromatic carbocycles. The quantitative estimate of drug-likeness (QED) is 0.749. The first-order valence-electron chi connectivity index (χ1n) is 4.32. The van der Waals surface area contributed by atoms with Crippen molar-refractivity contribution in [3.8, 4) is 0 Å². The standard InChI is InChI=1S/C10H17NO/c1-8-4-7-12-9(8)10(2,3)5-6-11/h4,7H,5-6,11H2,1-3H3. The van der Waals surface area contributed by atoms with Crippen LogP contribution in [-0.4, -0.2) is 6.54 Å². The molecule has 2 heteroatoms. The molecule has 0 saturated carbocycles. The van der Waals surface area contributed by atoms with Gasteiger partial charge >= 0.3 is 0 Å². The molecule has 1 rings (SSSR count). The van der Waals surface area contributed by atoms with Gasteiger partial charge in [-0.3, -0.25) is 0 Å². The van der Waals surface area contributed by atoms with Crippen molar-refractivity contribution >= 4 is 0 Å². The Morgan fingerprint density at radius 1 is 1.50 bits per heavy atom. The van der Waals surface area contributed by atoms with E-state index < -0.39 is 0 Å². The minimum Gasteiger partial charge on any atom is -0.469 e. The predicted octanol–water partition coefficient (Wildman–Crippen LogP) is 2.21. The highest BCUT2D eigenvalue weighted by Crippen LogP contribution is 2.29. The summed E-state index contributed by atoms with van der Waals surface area (Å²) in [6, 6.07) is 1.99. The van der Waals surface area contributed by atoms with Crippen LogP contribution in [0.5, 0.6) is 0 Å². The molecule has 2 nitrogen and oxygen atoms in total. The normalized spacial score (nSPS) is 12.0. The van der Waals surface area contributed by atoms with Crippen molar-refractivity contribution in [1.29, 1.82) is 0 Å². The van der Waals surface area contributed by atoms with Crippen molar-refractivity contribution in [2.45, 2.75) is 32.6 Å². The van der Waals surface area contributed by atoms with Gasteiger partial charge in [0, 0.05) is 5.41 Å². The molecule has 1 aromatic rings. The Morgan fingerprint density at radius 2 is 2.17 bits per heavy atom. The molecule has 0 spiro atoms. The molecule has 0 unspecified atom stereocenters. The molecule has 12 heavy (non-hydrogen) atoms. The minimum atomic E-state index is 0.0718. The fraction of sp³-hybridized carbons (Fsp3) is 0.600. The van der Waals surface area contributed by atoms with E-state index in [2.05, 4.69) is 20.8 Å². The summed E-state index contributed by atoms with van der Waals surface area (Å²) < 4.78 is 5.43. The third-order valence-corrected chi connectivity index (χ3v) is 2.25. The molecule has 0 bridgehead atoms. The second-order valence-electron chi connectivity index (χ2n) is 3.86. The summed E-state index contributed by atoms with van der Waals surface area (Å²) in [4.78, 5) is 0. The van der Waals surface area contributed by atoms with E-state index in [1.807, 2.05) is 6.07 Å². The van der Waals surface area contributed by atoms with E-state index in [-0.39, 0.29) is 5.41 Å². The second-order valence-corrected chi connectivity index (χ2v) is 3.86. The summed E-state index contributed by atoms with van der Waals surface area (Å²) in [5, 5.41) is 0. The molecular formula is C10H17NO. The smallest absolute Gasteiger partial charge is 0.112 e. The lowest BCUT2D eigenvalue weighted by molar-refractivity contribution is 0.365. The fourth-order valence-corrected chi connectivity index (χ4v) is 1.54. The van der Waals surface area contributed by atoms with Crippen molar-refractivity contribution in [3.05, 3.63) is 23.7 Å². The van der Waals surface area contributed by atoms with E-state index in [1.165, 1.54) is 5.56 Å². The minimum absolute atomic E-state index is 0.0718. The van der Waals surface area contributed by atoms with E-state index in [4.69, 9.17) is 10.2 Å². The van der Waals surface area contributed by atoms with Crippen molar-refractivity contribution in [3.63, 3.8) is 0 Å². The number of nitrogens with two attached hydrogens (primary N) is 1. The van der Waals surface area contributed by atoms with E-state index in [9.17, 15) is 0 Å². The van der Waals surface area contributed by atoms with Crippen LogP contribution in [0.2, 0.25) is 0 Å². The Hall–Kier alpha value is -0.760. The van der Waals surface area contributed by atoms with Gasteiger partial charge in [-0.15, -0.1) is 0 Å². The Balaban J connectivity index is 2.88. The van der Waals surface area contributed by atoms with E-state index in [1.54, 1.807) is 6.26 Å². The maximum Gasteiger partial charge on any atom is 0.112 e. The van der Waals surface area contributed by atoms with Gasteiger partial charge in [0.25, 0.3) is 0 Å². The van der Waals surface area contributed by atoms with Gasteiger partial charge in [-0.2, -0.15) is 0 Å². The molecular weight excluding hydrogens is 150 g/mol. The zero-order valence-corrected chi connectivity index (χ0v) is 8.05. The SMILES string of the molecule is Cc1ccoc1C(C)(C)CCN. The van der Waals surface area contributed by atoms with Gasteiger partial charge in [-0.05, 0) is 31.5 Å². The third-order valence-electron chi connectivity index (χ3n) is 2.25. The first-order chi connectivity index (χ1) is 5.58. The number of rotatable bonds is 3. The van der Waals surface area contributed by atoms with E-state index in [0.29, 0.717) is 6.54 Å². The highest BCUT2D eigenvalue weighted by Gasteiger charge is 2.24. The van der Waals surface area contributed by atoms with Crippen LogP contribution in [0, 0.1) is 6.92 Å². The van der Waals surface area contributed by atoms with Crippen LogP contribution in [0.1, 0.15) is 31.6 Å². The number of hydrogen-bond acceptors (Lipinski definition) is 2. The molecule has 1 heterocycles. The first kappa shape index (κ1) is 9.33. The maximum atomic E-state index is 5.53. The van der Waals surface area contributed by atoms with Crippen LogP contribution in [0.3, 0.4) is 0 Å². The lowest BCUT2D eigenvalue weighted by Gasteiger charge is -2.21. The monoisotopic (exact) mass is 167 g/mol. The van der Waals surface area contributed by atoms with Gasteiger partial charge in [0.15, 0.2) is 0 Å². The van der Waals surface area contributed by atoms with Gasteiger partial charge in [0.05, 0.1) is 6.26 Å². The van der Waals surface area contributed by atoms with Gasteiger partial charge in [0.1, 0.15) is 5.76 Å². The largest absolute Gasteiger partial charge is 0.469 e. The molecule has 68 valence electrons. The van der Waals surface area contributed by atoms with Crippen LogP contribution in [-0.2, 0) is 5.41 Å². The van der Waals surface area contributed by atoms with Crippen LogP contribution in [0.25, 0.3) is 0 Å². The van der Waals surface area contributed by atoms with E-state index >= 15 is 0 Å². The molecule has 0 atom stereocenters. The molecule has 2 N–H and O–H groups in total. The molecule has 1 aromatic heterocycles. The average Bonchev–Trinajstić information content (AvgIpc) is 2.35. The molecule has 0 radical (unpaired) electrons. The fourth-order valence-electron chi connectivity index (χ4n) is 1.54. The van der Waals surface area contributed by atoms with Crippen LogP contribution >= 0.6 is 0 Å². The maximum absolute atomic E-state index is 5.53. The summed E-state index contributed by atoms with van der Waals surface area (Å²) in [7, 11) is 0. The Kier molecular flexibility index (Phi) is 2.58. The lowest BCUT2D eigenvalue weighted by atomic mass is 9.85. The van der Waals surface area contributed by atoms with Crippen LogP contribution < -0.4 is 5.73 Å². The van der Waals surface area contributed by atoms with Crippen molar-refractivity contribution in [2.75, 3.05) is 6.54 Å². The van der Waals surface area contributed by atoms with Gasteiger partial charge in [-0.1, -0.05) is 13.8 Å². The highest BCUT2D eigenvalue weighted by atomic mass is 16.3. The third kappa shape index (κ3) is 1.69. The number of furan rings is 1. The summed E-state index contributed by atoms with van der Waals surface area (Å²) >= 11 is 0. The molecule has 0 amide bonds. The summed E-state index contributed by atoms with van der Waals surface area (Å²) in [5.41, 5.74) is 6.82. The van der Waals surface area contributed by atoms with Crippen molar-refractivity contribution < 1.29 is 4.42 Å². The second kappa shape index (κ2) is 3.31. The molecule has 0 aliphatic rings. The van der Waals surface area contributed by atoms with Gasteiger partial charge in [-0.25, -0.2) is 0 Å². The number of hydrogen-bond donors (Lipinski definition) is 1. The summed E-state index contributed by atoms with van der Waals surface area (Å²) in [5.74, 6) is 1.06. The summed E-state index contributed by atoms with van der Waals surface area (Å²) in [6.07, 6.45) is 2.70. The zero-order chi connectivity index (χ0) is 9.19.